The van der Waals surface area contributed by atoms with E-state index in [1.54, 1.807) is 6.07 Å². The first kappa shape index (κ1) is 14.9. The molecule has 4 nitrogen and oxygen atoms in total. The standard InChI is InChI=1S/C15H24FN3O/c1-4-20-15-9-14(13(17)8-12(15)16)19-7-5-6-11(19)10-18(2)3/h8-9,11H,4-7,10,17H2,1-3H3. The van der Waals surface area contributed by atoms with Crippen LogP contribution in [-0.2, 0) is 0 Å². The number of nitrogen functional groups attached to an aromatic ring is 1. The number of nitrogens with zero attached hydrogens (tertiary/aromatic N) is 2. The van der Waals surface area contributed by atoms with Gasteiger partial charge in [-0.3, -0.25) is 0 Å². The highest BCUT2D eigenvalue weighted by Crippen LogP contribution is 2.35. The predicted octanol–water partition coefficient (Wildman–Crippen LogP) is 2.34. The first-order chi connectivity index (χ1) is 9.52. The number of anilines is 2. The number of likely N-dealkylation sites (N-methyl/N-ethyl adjacent to an activating group) is 1. The number of nitrogens with two attached hydrogens (primary N) is 1. The number of halogens is 1. The lowest BCUT2D eigenvalue weighted by Crippen LogP contribution is -2.37. The molecular weight excluding hydrogens is 257 g/mol. The van der Waals surface area contributed by atoms with Crippen molar-refractivity contribution in [3.05, 3.63) is 17.9 Å². The van der Waals surface area contributed by atoms with Gasteiger partial charge in [0.1, 0.15) is 0 Å². The van der Waals surface area contributed by atoms with Crippen LogP contribution in [0.5, 0.6) is 5.75 Å². The minimum Gasteiger partial charge on any atom is -0.491 e. The lowest BCUT2D eigenvalue weighted by Gasteiger charge is -2.30. The van der Waals surface area contributed by atoms with Gasteiger partial charge in [-0.25, -0.2) is 4.39 Å². The van der Waals surface area contributed by atoms with Gasteiger partial charge in [-0.1, -0.05) is 0 Å². The van der Waals surface area contributed by atoms with E-state index in [1.807, 2.05) is 6.92 Å². The molecule has 0 aliphatic carbocycles. The summed E-state index contributed by atoms with van der Waals surface area (Å²) in [5, 5.41) is 0. The van der Waals surface area contributed by atoms with E-state index in [0.717, 1.165) is 31.6 Å². The predicted molar refractivity (Wildman–Crippen MR) is 80.9 cm³/mol. The second-order valence-electron chi connectivity index (χ2n) is 5.53. The molecule has 0 radical (unpaired) electrons. The summed E-state index contributed by atoms with van der Waals surface area (Å²) < 4.78 is 19.1. The molecule has 0 amide bonds. The normalized spacial score (nSPS) is 18.9. The Balaban J connectivity index is 2.28. The van der Waals surface area contributed by atoms with E-state index in [2.05, 4.69) is 23.9 Å². The molecule has 1 aliphatic rings. The lowest BCUT2D eigenvalue weighted by atomic mass is 10.1. The third kappa shape index (κ3) is 3.15. The van der Waals surface area contributed by atoms with Gasteiger partial charge < -0.3 is 20.3 Å². The number of ether oxygens (including phenoxy) is 1. The smallest absolute Gasteiger partial charge is 0.167 e. The van der Waals surface area contributed by atoms with Crippen LogP contribution >= 0.6 is 0 Å². The van der Waals surface area contributed by atoms with Crippen LogP contribution in [-0.4, -0.2) is 44.7 Å². The number of hydrogen-bond acceptors (Lipinski definition) is 4. The molecule has 0 saturated carbocycles. The highest BCUT2D eigenvalue weighted by Gasteiger charge is 2.27. The van der Waals surface area contributed by atoms with Crippen LogP contribution in [0.25, 0.3) is 0 Å². The molecule has 0 spiro atoms. The molecule has 20 heavy (non-hydrogen) atoms. The summed E-state index contributed by atoms with van der Waals surface area (Å²) in [6.45, 7) is 4.22. The summed E-state index contributed by atoms with van der Waals surface area (Å²) in [7, 11) is 4.13. The second kappa shape index (κ2) is 6.31. The summed E-state index contributed by atoms with van der Waals surface area (Å²) in [6, 6.07) is 3.53. The van der Waals surface area contributed by atoms with Gasteiger partial charge in [0, 0.05) is 31.3 Å². The maximum absolute atomic E-state index is 13.8. The molecule has 5 heteroatoms. The van der Waals surface area contributed by atoms with Crippen LogP contribution in [0.3, 0.4) is 0 Å². The zero-order valence-corrected chi connectivity index (χ0v) is 12.5. The van der Waals surface area contributed by atoms with Crippen molar-refractivity contribution in [2.75, 3.05) is 44.4 Å². The van der Waals surface area contributed by atoms with E-state index in [-0.39, 0.29) is 5.75 Å². The molecular formula is C15H24FN3O. The van der Waals surface area contributed by atoms with Crippen LogP contribution in [0.15, 0.2) is 12.1 Å². The summed E-state index contributed by atoms with van der Waals surface area (Å²) in [5.41, 5.74) is 7.38. The van der Waals surface area contributed by atoms with Gasteiger partial charge in [-0.2, -0.15) is 0 Å². The molecule has 2 N–H and O–H groups in total. The fourth-order valence-corrected chi connectivity index (χ4v) is 2.84. The molecule has 0 aromatic heterocycles. The molecule has 0 bridgehead atoms. The Bertz CT molecular complexity index is 465. The van der Waals surface area contributed by atoms with Crippen LogP contribution < -0.4 is 15.4 Å². The quantitative estimate of drug-likeness (QED) is 0.841. The van der Waals surface area contributed by atoms with Gasteiger partial charge in [0.15, 0.2) is 11.6 Å². The van der Waals surface area contributed by atoms with Gasteiger partial charge in [0.2, 0.25) is 0 Å². The number of benzene rings is 1. The van der Waals surface area contributed by atoms with E-state index in [4.69, 9.17) is 10.5 Å². The summed E-state index contributed by atoms with van der Waals surface area (Å²) in [5.74, 6) is -0.108. The average Bonchev–Trinajstić information content (AvgIpc) is 2.80. The van der Waals surface area contributed by atoms with Gasteiger partial charge in [-0.05, 0) is 33.9 Å². The molecule has 1 heterocycles. The Hall–Kier alpha value is -1.49. The number of hydrogen-bond donors (Lipinski definition) is 1. The van der Waals surface area contributed by atoms with Crippen molar-refractivity contribution in [2.24, 2.45) is 0 Å². The largest absolute Gasteiger partial charge is 0.491 e. The Morgan fingerprint density at radius 2 is 2.20 bits per heavy atom. The molecule has 2 rings (SSSR count). The second-order valence-corrected chi connectivity index (χ2v) is 5.53. The first-order valence-electron chi connectivity index (χ1n) is 7.16. The molecule has 1 aliphatic heterocycles. The average molecular weight is 281 g/mol. The Labute approximate surface area is 120 Å². The summed E-state index contributed by atoms with van der Waals surface area (Å²) in [4.78, 5) is 4.45. The van der Waals surface area contributed by atoms with Crippen molar-refractivity contribution in [3.8, 4) is 5.75 Å². The monoisotopic (exact) mass is 281 g/mol. The molecule has 1 saturated heterocycles. The summed E-state index contributed by atoms with van der Waals surface area (Å²) in [6.07, 6.45) is 2.28. The molecule has 112 valence electrons. The van der Waals surface area contributed by atoms with Gasteiger partial charge in [0.25, 0.3) is 0 Å². The SMILES string of the molecule is CCOc1cc(N2CCCC2CN(C)C)c(N)cc1F. The summed E-state index contributed by atoms with van der Waals surface area (Å²) >= 11 is 0. The minimum atomic E-state index is -0.392. The van der Waals surface area contributed by atoms with Crippen molar-refractivity contribution in [1.29, 1.82) is 0 Å². The van der Waals surface area contributed by atoms with E-state index in [1.165, 1.54) is 6.07 Å². The molecule has 1 atom stereocenters. The fourth-order valence-electron chi connectivity index (χ4n) is 2.84. The third-order valence-electron chi connectivity index (χ3n) is 3.64. The third-order valence-corrected chi connectivity index (χ3v) is 3.64. The Morgan fingerprint density at radius 1 is 1.45 bits per heavy atom. The fraction of sp³-hybridized carbons (Fsp3) is 0.600. The Morgan fingerprint density at radius 3 is 2.85 bits per heavy atom. The Kier molecular flexibility index (Phi) is 4.70. The zero-order chi connectivity index (χ0) is 14.7. The van der Waals surface area contributed by atoms with Crippen molar-refractivity contribution in [2.45, 2.75) is 25.8 Å². The maximum atomic E-state index is 13.8. The van der Waals surface area contributed by atoms with Gasteiger partial charge in [0.05, 0.1) is 18.0 Å². The zero-order valence-electron chi connectivity index (χ0n) is 12.5. The number of rotatable bonds is 5. The molecule has 1 aromatic rings. The van der Waals surface area contributed by atoms with Crippen molar-refractivity contribution in [3.63, 3.8) is 0 Å². The van der Waals surface area contributed by atoms with Crippen LogP contribution in [0.1, 0.15) is 19.8 Å². The highest BCUT2D eigenvalue weighted by atomic mass is 19.1. The topological polar surface area (TPSA) is 41.7 Å². The highest BCUT2D eigenvalue weighted by molar-refractivity contribution is 5.71. The minimum absolute atomic E-state index is 0.284. The van der Waals surface area contributed by atoms with E-state index >= 15 is 0 Å². The molecule has 1 unspecified atom stereocenters. The van der Waals surface area contributed by atoms with Gasteiger partial charge >= 0.3 is 0 Å². The van der Waals surface area contributed by atoms with E-state index in [0.29, 0.717) is 18.3 Å². The van der Waals surface area contributed by atoms with Crippen molar-refractivity contribution < 1.29 is 9.13 Å². The molecule has 1 aromatic carbocycles. The molecule has 1 fully saturated rings. The van der Waals surface area contributed by atoms with E-state index < -0.39 is 5.82 Å². The first-order valence-corrected chi connectivity index (χ1v) is 7.16. The van der Waals surface area contributed by atoms with Gasteiger partial charge in [-0.15, -0.1) is 0 Å². The van der Waals surface area contributed by atoms with Crippen LogP contribution in [0.4, 0.5) is 15.8 Å². The van der Waals surface area contributed by atoms with Crippen molar-refractivity contribution in [1.82, 2.24) is 4.90 Å². The van der Waals surface area contributed by atoms with Crippen LogP contribution in [0, 0.1) is 5.82 Å². The lowest BCUT2D eigenvalue weighted by molar-refractivity contribution is 0.321. The van der Waals surface area contributed by atoms with Crippen molar-refractivity contribution >= 4 is 11.4 Å². The van der Waals surface area contributed by atoms with Crippen LogP contribution in [0.2, 0.25) is 0 Å². The maximum Gasteiger partial charge on any atom is 0.167 e. The van der Waals surface area contributed by atoms with E-state index in [9.17, 15) is 4.39 Å².